The molecule has 0 saturated carbocycles. The second-order valence-corrected chi connectivity index (χ2v) is 5.22. The number of rotatable bonds is 5. The lowest BCUT2D eigenvalue weighted by Gasteiger charge is -2.22. The summed E-state index contributed by atoms with van der Waals surface area (Å²) in [5.74, 6) is 0.880. The van der Waals surface area contributed by atoms with Crippen molar-refractivity contribution < 1.29 is 9.84 Å². The van der Waals surface area contributed by atoms with Gasteiger partial charge in [-0.1, -0.05) is 6.07 Å². The summed E-state index contributed by atoms with van der Waals surface area (Å²) in [7, 11) is 0. The standard InChI is InChI=1S/C16H20N2O2/c19-12-14-4-2-8-18(14)9-10-20-15-5-6-16-13(11-15)3-1-7-17-16/h1,3,5-7,11,14,19H,2,4,8-10,12H2. The maximum Gasteiger partial charge on any atom is 0.120 e. The molecule has 1 aromatic carbocycles. The Labute approximate surface area is 119 Å². The van der Waals surface area contributed by atoms with Gasteiger partial charge in [0.25, 0.3) is 0 Å². The summed E-state index contributed by atoms with van der Waals surface area (Å²) in [6, 6.07) is 10.3. The summed E-state index contributed by atoms with van der Waals surface area (Å²) in [4.78, 5) is 6.60. The number of likely N-dealkylation sites (tertiary alicyclic amines) is 1. The summed E-state index contributed by atoms with van der Waals surface area (Å²) in [5.41, 5.74) is 0.986. The average Bonchev–Trinajstić information content (AvgIpc) is 2.95. The third kappa shape index (κ3) is 2.92. The van der Waals surface area contributed by atoms with Crippen LogP contribution in [0.1, 0.15) is 12.8 Å². The first-order chi connectivity index (χ1) is 9.86. The lowest BCUT2D eigenvalue weighted by Crippen LogP contribution is -2.35. The zero-order valence-corrected chi connectivity index (χ0v) is 11.5. The maximum atomic E-state index is 9.28. The van der Waals surface area contributed by atoms with Gasteiger partial charge < -0.3 is 9.84 Å². The van der Waals surface area contributed by atoms with E-state index in [9.17, 15) is 5.11 Å². The fourth-order valence-electron chi connectivity index (χ4n) is 2.82. The largest absolute Gasteiger partial charge is 0.492 e. The second-order valence-electron chi connectivity index (χ2n) is 5.22. The van der Waals surface area contributed by atoms with Gasteiger partial charge in [0.05, 0.1) is 12.1 Å². The van der Waals surface area contributed by atoms with E-state index in [1.807, 2.05) is 30.3 Å². The predicted octanol–water partition coefficient (Wildman–Crippen LogP) is 2.07. The number of nitrogens with zero attached hydrogens (tertiary/aromatic N) is 2. The minimum Gasteiger partial charge on any atom is -0.492 e. The van der Waals surface area contributed by atoms with Crippen molar-refractivity contribution in [3.8, 4) is 5.75 Å². The molecule has 1 atom stereocenters. The molecule has 1 fully saturated rings. The van der Waals surface area contributed by atoms with Gasteiger partial charge in [0, 0.05) is 24.2 Å². The number of benzene rings is 1. The second kappa shape index (κ2) is 6.20. The molecule has 0 amide bonds. The minimum absolute atomic E-state index is 0.252. The number of aliphatic hydroxyl groups is 1. The molecule has 2 aromatic rings. The van der Waals surface area contributed by atoms with E-state index in [2.05, 4.69) is 9.88 Å². The SMILES string of the molecule is OCC1CCCN1CCOc1ccc2ncccc2c1. The van der Waals surface area contributed by atoms with Crippen molar-refractivity contribution in [2.75, 3.05) is 26.3 Å². The summed E-state index contributed by atoms with van der Waals surface area (Å²) >= 11 is 0. The lowest BCUT2D eigenvalue weighted by atomic mass is 10.2. The highest BCUT2D eigenvalue weighted by Crippen LogP contribution is 2.20. The van der Waals surface area contributed by atoms with Crippen molar-refractivity contribution >= 4 is 10.9 Å². The van der Waals surface area contributed by atoms with Gasteiger partial charge in [-0.05, 0) is 43.7 Å². The molecule has 3 rings (SSSR count). The molecule has 1 N–H and O–H groups in total. The number of pyridine rings is 1. The Bertz CT molecular complexity index is 573. The van der Waals surface area contributed by atoms with E-state index < -0.39 is 0 Å². The summed E-state index contributed by atoms with van der Waals surface area (Å²) in [6.07, 6.45) is 4.07. The Morgan fingerprint density at radius 2 is 2.30 bits per heavy atom. The monoisotopic (exact) mass is 272 g/mol. The van der Waals surface area contributed by atoms with Crippen LogP contribution in [0.25, 0.3) is 10.9 Å². The van der Waals surface area contributed by atoms with Crippen molar-refractivity contribution in [1.82, 2.24) is 9.88 Å². The molecule has 0 bridgehead atoms. The third-order valence-electron chi connectivity index (χ3n) is 3.93. The van der Waals surface area contributed by atoms with Gasteiger partial charge in [-0.3, -0.25) is 9.88 Å². The number of aliphatic hydroxyl groups excluding tert-OH is 1. The molecular weight excluding hydrogens is 252 g/mol. The van der Waals surface area contributed by atoms with E-state index in [1.165, 1.54) is 6.42 Å². The molecular formula is C16H20N2O2. The Morgan fingerprint density at radius 1 is 1.35 bits per heavy atom. The molecule has 1 aliphatic rings. The Balaban J connectivity index is 1.57. The molecule has 4 heteroatoms. The van der Waals surface area contributed by atoms with Crippen LogP contribution in [-0.4, -0.2) is 47.3 Å². The van der Waals surface area contributed by atoms with Gasteiger partial charge in [0.15, 0.2) is 0 Å². The molecule has 1 unspecified atom stereocenters. The number of hydrogen-bond acceptors (Lipinski definition) is 4. The van der Waals surface area contributed by atoms with E-state index in [0.717, 1.165) is 36.2 Å². The smallest absolute Gasteiger partial charge is 0.120 e. The predicted molar refractivity (Wildman–Crippen MR) is 78.9 cm³/mol. The molecule has 4 nitrogen and oxygen atoms in total. The molecule has 0 radical (unpaired) electrons. The van der Waals surface area contributed by atoms with Crippen molar-refractivity contribution in [3.63, 3.8) is 0 Å². The van der Waals surface area contributed by atoms with Crippen LogP contribution >= 0.6 is 0 Å². The number of ether oxygens (including phenoxy) is 1. The van der Waals surface area contributed by atoms with Crippen LogP contribution in [0.2, 0.25) is 0 Å². The van der Waals surface area contributed by atoms with E-state index in [1.54, 1.807) is 6.20 Å². The number of fused-ring (bicyclic) bond motifs is 1. The topological polar surface area (TPSA) is 45.6 Å². The van der Waals surface area contributed by atoms with Gasteiger partial charge in [-0.15, -0.1) is 0 Å². The highest BCUT2D eigenvalue weighted by molar-refractivity contribution is 5.79. The molecule has 1 saturated heterocycles. The fourth-order valence-corrected chi connectivity index (χ4v) is 2.82. The van der Waals surface area contributed by atoms with Crippen LogP contribution in [0.15, 0.2) is 36.5 Å². The summed E-state index contributed by atoms with van der Waals surface area (Å²) in [5, 5.41) is 10.4. The number of aromatic nitrogens is 1. The molecule has 1 aliphatic heterocycles. The van der Waals surface area contributed by atoms with Gasteiger partial charge in [0.1, 0.15) is 12.4 Å². The van der Waals surface area contributed by atoms with Gasteiger partial charge in [0.2, 0.25) is 0 Å². The van der Waals surface area contributed by atoms with Crippen molar-refractivity contribution in [2.45, 2.75) is 18.9 Å². The van der Waals surface area contributed by atoms with Crippen LogP contribution < -0.4 is 4.74 Å². The Kier molecular flexibility index (Phi) is 4.14. The first-order valence-corrected chi connectivity index (χ1v) is 7.19. The zero-order chi connectivity index (χ0) is 13.8. The van der Waals surface area contributed by atoms with Crippen LogP contribution in [0.3, 0.4) is 0 Å². The van der Waals surface area contributed by atoms with E-state index in [-0.39, 0.29) is 6.61 Å². The van der Waals surface area contributed by atoms with E-state index in [0.29, 0.717) is 12.6 Å². The Hall–Kier alpha value is -1.65. The molecule has 0 spiro atoms. The number of hydrogen-bond donors (Lipinski definition) is 1. The molecule has 0 aliphatic carbocycles. The quantitative estimate of drug-likeness (QED) is 0.905. The van der Waals surface area contributed by atoms with Crippen LogP contribution in [-0.2, 0) is 0 Å². The minimum atomic E-state index is 0.252. The molecule has 20 heavy (non-hydrogen) atoms. The van der Waals surface area contributed by atoms with E-state index >= 15 is 0 Å². The van der Waals surface area contributed by atoms with Gasteiger partial charge >= 0.3 is 0 Å². The molecule has 1 aromatic heterocycles. The summed E-state index contributed by atoms with van der Waals surface area (Å²) < 4.78 is 5.82. The normalized spacial score (nSPS) is 19.6. The van der Waals surface area contributed by atoms with Crippen molar-refractivity contribution in [2.24, 2.45) is 0 Å². The maximum absolute atomic E-state index is 9.28. The van der Waals surface area contributed by atoms with Crippen LogP contribution in [0, 0.1) is 0 Å². The zero-order valence-electron chi connectivity index (χ0n) is 11.5. The average molecular weight is 272 g/mol. The van der Waals surface area contributed by atoms with Crippen molar-refractivity contribution in [3.05, 3.63) is 36.5 Å². The third-order valence-corrected chi connectivity index (χ3v) is 3.93. The molecule has 106 valence electrons. The first kappa shape index (κ1) is 13.3. The highest BCUT2D eigenvalue weighted by Gasteiger charge is 2.22. The fraction of sp³-hybridized carbons (Fsp3) is 0.438. The van der Waals surface area contributed by atoms with Crippen LogP contribution in [0.4, 0.5) is 0 Å². The van der Waals surface area contributed by atoms with Gasteiger partial charge in [-0.2, -0.15) is 0 Å². The Morgan fingerprint density at radius 3 is 3.20 bits per heavy atom. The summed E-state index contributed by atoms with van der Waals surface area (Å²) in [6.45, 7) is 2.84. The van der Waals surface area contributed by atoms with Crippen molar-refractivity contribution in [1.29, 1.82) is 0 Å². The lowest BCUT2D eigenvalue weighted by molar-refractivity contribution is 0.139. The molecule has 2 heterocycles. The highest BCUT2D eigenvalue weighted by atomic mass is 16.5. The van der Waals surface area contributed by atoms with Gasteiger partial charge in [-0.25, -0.2) is 0 Å². The first-order valence-electron chi connectivity index (χ1n) is 7.19. The van der Waals surface area contributed by atoms with Crippen LogP contribution in [0.5, 0.6) is 5.75 Å². The van der Waals surface area contributed by atoms with E-state index in [4.69, 9.17) is 4.74 Å².